The molecule has 2 atom stereocenters. The molecule has 3 heterocycles. The summed E-state index contributed by atoms with van der Waals surface area (Å²) >= 11 is 0. The van der Waals surface area contributed by atoms with Crippen molar-refractivity contribution in [2.24, 2.45) is 7.05 Å². The zero-order valence-corrected chi connectivity index (χ0v) is 38.4. The normalized spacial score (nSPS) is 15.4. The number of aryl methyl sites for hydroxylation is 1. The number of fused-ring (bicyclic) bond motifs is 2. The summed E-state index contributed by atoms with van der Waals surface area (Å²) in [7, 11) is -0.454. The van der Waals surface area contributed by atoms with Crippen molar-refractivity contribution in [3.63, 3.8) is 0 Å². The molecule has 2 aliphatic rings. The zero-order valence-electron chi connectivity index (χ0n) is 37.6. The van der Waals surface area contributed by atoms with Crippen LogP contribution < -0.4 is 25.4 Å². The number of methoxy groups -OCH3 is 1. The van der Waals surface area contributed by atoms with E-state index in [2.05, 4.69) is 30.8 Å². The predicted molar refractivity (Wildman–Crippen MR) is 245 cm³/mol. The van der Waals surface area contributed by atoms with Gasteiger partial charge in [-0.2, -0.15) is 5.10 Å². The SMILES string of the molecule is CCCC(C(=O)NC=O)c1nn(C)c2c(NC(=O)CN3CCN(CCCCCC(=O)Nc4cccc5c4C(=O)N(C(CS(C)(=O)=O)c4ccc(OC)c(OCC)c4)C5=O)CC3)cccc12. The Balaban J connectivity index is 0.964. The zero-order chi connectivity index (χ0) is 46.8. The first-order chi connectivity index (χ1) is 31.2. The van der Waals surface area contributed by atoms with E-state index in [1.165, 1.54) is 13.2 Å². The van der Waals surface area contributed by atoms with Crippen molar-refractivity contribution in [2.45, 2.75) is 64.3 Å². The van der Waals surface area contributed by atoms with E-state index in [4.69, 9.17) is 9.47 Å². The van der Waals surface area contributed by atoms with Gasteiger partial charge in [0.2, 0.25) is 24.1 Å². The van der Waals surface area contributed by atoms with Crippen molar-refractivity contribution in [2.75, 3.05) is 75.6 Å². The summed E-state index contributed by atoms with van der Waals surface area (Å²) in [4.78, 5) is 83.3. The van der Waals surface area contributed by atoms with Crippen LogP contribution in [0.25, 0.3) is 10.9 Å². The Morgan fingerprint density at radius 3 is 2.28 bits per heavy atom. The number of nitrogens with zero attached hydrogens (tertiary/aromatic N) is 5. The number of piperazine rings is 1. The standard InChI is InChI=1S/C46H58N8O10S/c1-6-13-33(44(58)47-29-55)42-32-15-12-17-35(43(32)51(3)50-42)49-40(57)27-53-24-22-52(23-25-53)21-10-8-9-18-39(56)48-34-16-11-14-31-41(34)46(60)54(45(31)59)36(28-65(5,61)62)30-19-20-37(63-4)38(26-30)64-7-2/h11-12,14-17,19-20,26,29,33,36H,6-10,13,18,21-25,27-28H2,1-5H3,(H,48,56)(H,49,57)(H,47,55,58). The number of carbonyl (C=O) groups is 6. The van der Waals surface area contributed by atoms with Crippen LogP contribution in [-0.4, -0.2) is 134 Å². The molecule has 0 spiro atoms. The lowest BCUT2D eigenvalue weighted by atomic mass is 9.96. The number of imide groups is 2. The number of nitrogens with one attached hydrogen (secondary N) is 3. The predicted octanol–water partition coefficient (Wildman–Crippen LogP) is 4.27. The molecule has 6 rings (SSSR count). The minimum absolute atomic E-state index is 0.0136. The van der Waals surface area contributed by atoms with Crippen molar-refractivity contribution in [3.8, 4) is 11.5 Å². The third-order valence-corrected chi connectivity index (χ3v) is 12.6. The van der Waals surface area contributed by atoms with Crippen LogP contribution in [0.3, 0.4) is 0 Å². The molecule has 1 saturated heterocycles. The number of para-hydroxylation sites is 1. The topological polar surface area (TPSA) is 219 Å². The van der Waals surface area contributed by atoms with Gasteiger partial charge < -0.3 is 25.0 Å². The molecule has 2 aliphatic heterocycles. The summed E-state index contributed by atoms with van der Waals surface area (Å²) in [6, 6.07) is 13.7. The van der Waals surface area contributed by atoms with Gasteiger partial charge in [0, 0.05) is 51.3 Å². The van der Waals surface area contributed by atoms with Crippen LogP contribution in [0.4, 0.5) is 11.4 Å². The molecule has 0 radical (unpaired) electrons. The summed E-state index contributed by atoms with van der Waals surface area (Å²) < 4.78 is 38.0. The fourth-order valence-corrected chi connectivity index (χ4v) is 9.52. The number of benzene rings is 3. The second kappa shape index (κ2) is 21.7. The van der Waals surface area contributed by atoms with Crippen LogP contribution in [-0.2, 0) is 36.1 Å². The summed E-state index contributed by atoms with van der Waals surface area (Å²) in [5, 5.41) is 13.5. The first-order valence-electron chi connectivity index (χ1n) is 21.9. The van der Waals surface area contributed by atoms with Crippen molar-refractivity contribution in [1.29, 1.82) is 0 Å². The van der Waals surface area contributed by atoms with Gasteiger partial charge in [-0.3, -0.25) is 48.6 Å². The number of anilines is 2. The molecule has 18 nitrogen and oxygen atoms in total. The van der Waals surface area contributed by atoms with Gasteiger partial charge in [-0.1, -0.05) is 44.0 Å². The Labute approximate surface area is 378 Å². The van der Waals surface area contributed by atoms with Crippen LogP contribution in [0, 0.1) is 0 Å². The summed E-state index contributed by atoms with van der Waals surface area (Å²) in [6.07, 6.45) is 5.10. The maximum Gasteiger partial charge on any atom is 0.264 e. The molecular formula is C46H58N8O10S. The van der Waals surface area contributed by atoms with Gasteiger partial charge in [0.25, 0.3) is 11.8 Å². The smallest absolute Gasteiger partial charge is 0.264 e. The minimum atomic E-state index is -3.69. The van der Waals surface area contributed by atoms with E-state index >= 15 is 0 Å². The van der Waals surface area contributed by atoms with Gasteiger partial charge in [-0.05, 0) is 68.6 Å². The van der Waals surface area contributed by atoms with Crippen LogP contribution in [0.2, 0.25) is 0 Å². The number of aromatic nitrogens is 2. The van der Waals surface area contributed by atoms with Crippen LogP contribution in [0.1, 0.15) is 96.3 Å². The fourth-order valence-electron chi connectivity index (χ4n) is 8.60. The van der Waals surface area contributed by atoms with Crippen molar-refractivity contribution in [1.82, 2.24) is 29.8 Å². The molecule has 3 N–H and O–H groups in total. The van der Waals surface area contributed by atoms with Gasteiger partial charge in [0.15, 0.2) is 11.5 Å². The van der Waals surface area contributed by atoms with E-state index in [0.29, 0.717) is 72.9 Å². The average Bonchev–Trinajstić information content (AvgIpc) is 3.74. The number of amides is 6. The van der Waals surface area contributed by atoms with Gasteiger partial charge >= 0.3 is 0 Å². The quantitative estimate of drug-likeness (QED) is 0.0571. The highest BCUT2D eigenvalue weighted by Crippen LogP contribution is 2.39. The third-order valence-electron chi connectivity index (χ3n) is 11.7. The molecule has 0 aliphatic carbocycles. The number of hydrogen-bond donors (Lipinski definition) is 3. The molecule has 3 aromatic carbocycles. The van der Waals surface area contributed by atoms with Gasteiger partial charge in [-0.25, -0.2) is 8.42 Å². The Hall–Kier alpha value is -6.18. The summed E-state index contributed by atoms with van der Waals surface area (Å²) in [6.45, 7) is 8.10. The Morgan fingerprint density at radius 2 is 1.58 bits per heavy atom. The molecule has 0 saturated carbocycles. The van der Waals surface area contributed by atoms with Crippen molar-refractivity contribution in [3.05, 3.63) is 77.0 Å². The maximum atomic E-state index is 14.0. The van der Waals surface area contributed by atoms with E-state index < -0.39 is 45.3 Å². The number of carbonyl (C=O) groups excluding carboxylic acids is 6. The Kier molecular flexibility index (Phi) is 16.1. The molecule has 348 valence electrons. The first-order valence-corrected chi connectivity index (χ1v) is 24.0. The summed E-state index contributed by atoms with van der Waals surface area (Å²) in [5.41, 5.74) is 2.49. The maximum absolute atomic E-state index is 14.0. The third kappa shape index (κ3) is 11.6. The highest BCUT2D eigenvalue weighted by Gasteiger charge is 2.43. The largest absolute Gasteiger partial charge is 0.493 e. The molecule has 4 aromatic rings. The molecule has 2 unspecified atom stereocenters. The molecule has 6 amide bonds. The molecule has 1 fully saturated rings. The fraction of sp³-hybridized carbons (Fsp3) is 0.457. The van der Waals surface area contributed by atoms with Crippen molar-refractivity contribution >= 4 is 68.1 Å². The van der Waals surface area contributed by atoms with Crippen LogP contribution in [0.15, 0.2) is 54.6 Å². The molecule has 65 heavy (non-hydrogen) atoms. The monoisotopic (exact) mass is 914 g/mol. The molecule has 0 bridgehead atoms. The van der Waals surface area contributed by atoms with Gasteiger partial charge in [0.05, 0.1) is 71.7 Å². The molecule has 1 aromatic heterocycles. The molecule has 19 heteroatoms. The van der Waals surface area contributed by atoms with Gasteiger partial charge in [-0.15, -0.1) is 0 Å². The summed E-state index contributed by atoms with van der Waals surface area (Å²) in [5.74, 6) is -2.62. The number of hydrogen-bond acceptors (Lipinski definition) is 13. The number of unbranched alkanes of at least 4 members (excludes halogenated alkanes) is 2. The van der Waals surface area contributed by atoms with Crippen LogP contribution >= 0.6 is 0 Å². The lowest BCUT2D eigenvalue weighted by molar-refractivity contribution is -0.126. The number of ether oxygens (including phenoxy) is 2. The van der Waals surface area contributed by atoms with Crippen molar-refractivity contribution < 1.29 is 46.7 Å². The van der Waals surface area contributed by atoms with E-state index in [1.807, 2.05) is 25.1 Å². The minimum Gasteiger partial charge on any atom is -0.493 e. The van der Waals surface area contributed by atoms with E-state index in [0.717, 1.165) is 55.4 Å². The lowest BCUT2D eigenvalue weighted by Gasteiger charge is -2.34. The van der Waals surface area contributed by atoms with Gasteiger partial charge in [0.1, 0.15) is 9.84 Å². The van der Waals surface area contributed by atoms with E-state index in [9.17, 15) is 37.2 Å². The first kappa shape index (κ1) is 48.3. The Morgan fingerprint density at radius 1 is 0.877 bits per heavy atom. The highest BCUT2D eigenvalue weighted by atomic mass is 32.2. The lowest BCUT2D eigenvalue weighted by Crippen LogP contribution is -2.48. The Bertz CT molecular complexity index is 2540. The second-order valence-corrected chi connectivity index (χ2v) is 18.5. The van der Waals surface area contributed by atoms with E-state index in [1.54, 1.807) is 49.0 Å². The number of rotatable bonds is 22. The van der Waals surface area contributed by atoms with E-state index in [-0.39, 0.29) is 41.6 Å². The average molecular weight is 915 g/mol. The molecular weight excluding hydrogens is 857 g/mol. The highest BCUT2D eigenvalue weighted by molar-refractivity contribution is 7.90. The second-order valence-electron chi connectivity index (χ2n) is 16.4. The number of sulfone groups is 1. The van der Waals surface area contributed by atoms with Crippen LogP contribution in [0.5, 0.6) is 11.5 Å².